The summed E-state index contributed by atoms with van der Waals surface area (Å²) in [4.78, 5) is 12.2. The van der Waals surface area contributed by atoms with E-state index < -0.39 is 0 Å². The molecule has 1 aromatic rings. The standard InChI is InChI=1S/C15H24N2O2/c1-12(13-6-5-9-19-13)17-14(18)10-15(11-16)7-3-2-4-8-15/h5-6,9,12H,2-4,7-8,10-11,16H2,1H3,(H,17,18)/t12-/m0/s1. The van der Waals surface area contributed by atoms with E-state index in [1.165, 1.54) is 19.3 Å². The van der Waals surface area contributed by atoms with Crippen LogP contribution in [0.25, 0.3) is 0 Å². The van der Waals surface area contributed by atoms with Crippen LogP contribution < -0.4 is 11.1 Å². The first-order valence-electron chi connectivity index (χ1n) is 7.18. The van der Waals surface area contributed by atoms with Crippen LogP contribution in [0.2, 0.25) is 0 Å². The van der Waals surface area contributed by atoms with Crippen LogP contribution in [0.3, 0.4) is 0 Å². The van der Waals surface area contributed by atoms with E-state index in [1.54, 1.807) is 6.26 Å². The molecule has 1 heterocycles. The van der Waals surface area contributed by atoms with Crippen molar-refractivity contribution in [1.29, 1.82) is 0 Å². The molecule has 1 amide bonds. The number of nitrogens with one attached hydrogen (secondary N) is 1. The van der Waals surface area contributed by atoms with Crippen LogP contribution in [-0.4, -0.2) is 12.5 Å². The smallest absolute Gasteiger partial charge is 0.221 e. The van der Waals surface area contributed by atoms with Crippen molar-refractivity contribution in [2.24, 2.45) is 11.1 Å². The van der Waals surface area contributed by atoms with Crippen molar-refractivity contribution < 1.29 is 9.21 Å². The van der Waals surface area contributed by atoms with Gasteiger partial charge in [-0.2, -0.15) is 0 Å². The van der Waals surface area contributed by atoms with Gasteiger partial charge in [0, 0.05) is 6.42 Å². The molecule has 1 atom stereocenters. The summed E-state index contributed by atoms with van der Waals surface area (Å²) in [5.74, 6) is 0.870. The summed E-state index contributed by atoms with van der Waals surface area (Å²) in [6.07, 6.45) is 7.97. The second-order valence-electron chi connectivity index (χ2n) is 5.75. The van der Waals surface area contributed by atoms with Gasteiger partial charge in [-0.3, -0.25) is 4.79 Å². The summed E-state index contributed by atoms with van der Waals surface area (Å²) in [5, 5.41) is 3.00. The van der Waals surface area contributed by atoms with Gasteiger partial charge < -0.3 is 15.5 Å². The summed E-state index contributed by atoms with van der Waals surface area (Å²) < 4.78 is 5.30. The number of rotatable bonds is 5. The van der Waals surface area contributed by atoms with Crippen molar-refractivity contribution >= 4 is 5.91 Å². The lowest BCUT2D eigenvalue weighted by molar-refractivity contribution is -0.124. The topological polar surface area (TPSA) is 68.3 Å². The molecule has 0 aromatic carbocycles. The minimum Gasteiger partial charge on any atom is -0.467 e. The summed E-state index contributed by atoms with van der Waals surface area (Å²) in [6.45, 7) is 2.54. The zero-order valence-electron chi connectivity index (χ0n) is 11.7. The molecular weight excluding hydrogens is 240 g/mol. The fourth-order valence-corrected chi connectivity index (χ4v) is 3.00. The molecule has 0 spiro atoms. The predicted octanol–water partition coefficient (Wildman–Crippen LogP) is 2.76. The average molecular weight is 264 g/mol. The third-order valence-electron chi connectivity index (χ3n) is 4.23. The van der Waals surface area contributed by atoms with Gasteiger partial charge in [-0.05, 0) is 43.9 Å². The number of hydrogen-bond acceptors (Lipinski definition) is 3. The molecule has 0 radical (unpaired) electrons. The van der Waals surface area contributed by atoms with Gasteiger partial charge in [0.05, 0.1) is 12.3 Å². The monoisotopic (exact) mass is 264 g/mol. The van der Waals surface area contributed by atoms with Gasteiger partial charge in [0.25, 0.3) is 0 Å². The molecule has 0 saturated heterocycles. The fourth-order valence-electron chi connectivity index (χ4n) is 3.00. The molecule has 1 aliphatic carbocycles. The van der Waals surface area contributed by atoms with Crippen LogP contribution >= 0.6 is 0 Å². The highest BCUT2D eigenvalue weighted by atomic mass is 16.3. The molecule has 4 heteroatoms. The highest BCUT2D eigenvalue weighted by Gasteiger charge is 2.33. The number of hydrogen-bond donors (Lipinski definition) is 2. The van der Waals surface area contributed by atoms with Gasteiger partial charge in [0.2, 0.25) is 5.91 Å². The van der Waals surface area contributed by atoms with Gasteiger partial charge >= 0.3 is 0 Å². The maximum Gasteiger partial charge on any atom is 0.221 e. The molecule has 0 unspecified atom stereocenters. The van der Waals surface area contributed by atoms with Crippen molar-refractivity contribution in [3.8, 4) is 0 Å². The summed E-state index contributed by atoms with van der Waals surface area (Å²) >= 11 is 0. The lowest BCUT2D eigenvalue weighted by Crippen LogP contribution is -2.39. The molecule has 4 nitrogen and oxygen atoms in total. The minimum absolute atomic E-state index is 0.0191. The Kier molecular flexibility index (Phi) is 4.64. The van der Waals surface area contributed by atoms with Crippen molar-refractivity contribution in [2.75, 3.05) is 6.54 Å². The van der Waals surface area contributed by atoms with Crippen LogP contribution in [-0.2, 0) is 4.79 Å². The second-order valence-corrected chi connectivity index (χ2v) is 5.75. The Morgan fingerprint density at radius 3 is 2.79 bits per heavy atom. The maximum absolute atomic E-state index is 12.2. The first-order chi connectivity index (χ1) is 9.15. The largest absolute Gasteiger partial charge is 0.467 e. The normalized spacial score (nSPS) is 19.9. The number of amides is 1. The Hall–Kier alpha value is -1.29. The molecule has 106 valence electrons. The van der Waals surface area contributed by atoms with Crippen LogP contribution in [0.1, 0.15) is 57.3 Å². The van der Waals surface area contributed by atoms with E-state index in [0.717, 1.165) is 18.6 Å². The molecule has 3 N–H and O–H groups in total. The highest BCUT2D eigenvalue weighted by molar-refractivity contribution is 5.77. The minimum atomic E-state index is -0.0825. The Morgan fingerprint density at radius 1 is 1.47 bits per heavy atom. The van der Waals surface area contributed by atoms with Crippen LogP contribution in [0.15, 0.2) is 22.8 Å². The summed E-state index contributed by atoms with van der Waals surface area (Å²) in [6, 6.07) is 3.63. The van der Waals surface area contributed by atoms with Gasteiger partial charge in [0.1, 0.15) is 5.76 Å². The molecule has 1 saturated carbocycles. The van der Waals surface area contributed by atoms with Crippen LogP contribution in [0, 0.1) is 5.41 Å². The maximum atomic E-state index is 12.2. The Bertz CT molecular complexity index is 394. The van der Waals surface area contributed by atoms with Gasteiger partial charge in [-0.1, -0.05) is 19.3 Å². The molecule has 0 aliphatic heterocycles. The fraction of sp³-hybridized carbons (Fsp3) is 0.667. The van der Waals surface area contributed by atoms with E-state index in [4.69, 9.17) is 10.2 Å². The Labute approximate surface area is 114 Å². The zero-order chi connectivity index (χ0) is 13.7. The van der Waals surface area contributed by atoms with Crippen molar-refractivity contribution in [1.82, 2.24) is 5.32 Å². The second kappa shape index (κ2) is 6.24. The SMILES string of the molecule is C[C@H](NC(=O)CC1(CN)CCCCC1)c1ccco1. The lowest BCUT2D eigenvalue weighted by atomic mass is 9.71. The number of nitrogens with two attached hydrogens (primary N) is 1. The van der Waals surface area contributed by atoms with Gasteiger partial charge in [0.15, 0.2) is 0 Å². The van der Waals surface area contributed by atoms with E-state index >= 15 is 0 Å². The molecule has 1 aromatic heterocycles. The first kappa shape index (κ1) is 14.1. The summed E-state index contributed by atoms with van der Waals surface area (Å²) in [5.41, 5.74) is 5.93. The van der Waals surface area contributed by atoms with E-state index in [2.05, 4.69) is 5.32 Å². The summed E-state index contributed by atoms with van der Waals surface area (Å²) in [7, 11) is 0. The van der Waals surface area contributed by atoms with Crippen LogP contribution in [0.4, 0.5) is 0 Å². The van der Waals surface area contributed by atoms with E-state index in [9.17, 15) is 4.79 Å². The Morgan fingerprint density at radius 2 is 2.21 bits per heavy atom. The number of carbonyl (C=O) groups is 1. The molecule has 1 aliphatic rings. The third-order valence-corrected chi connectivity index (χ3v) is 4.23. The lowest BCUT2D eigenvalue weighted by Gasteiger charge is -2.35. The van der Waals surface area contributed by atoms with E-state index in [1.807, 2.05) is 19.1 Å². The molecule has 0 bridgehead atoms. The Balaban J connectivity index is 1.89. The third kappa shape index (κ3) is 3.60. The van der Waals surface area contributed by atoms with Crippen molar-refractivity contribution in [3.63, 3.8) is 0 Å². The first-order valence-corrected chi connectivity index (χ1v) is 7.18. The van der Waals surface area contributed by atoms with E-state index in [-0.39, 0.29) is 17.4 Å². The number of carbonyl (C=O) groups excluding carboxylic acids is 1. The average Bonchev–Trinajstić information content (AvgIpc) is 2.93. The molecule has 1 fully saturated rings. The van der Waals surface area contributed by atoms with Crippen LogP contribution in [0.5, 0.6) is 0 Å². The van der Waals surface area contributed by atoms with Crippen molar-refractivity contribution in [3.05, 3.63) is 24.2 Å². The van der Waals surface area contributed by atoms with Gasteiger partial charge in [-0.25, -0.2) is 0 Å². The van der Waals surface area contributed by atoms with Crippen molar-refractivity contribution in [2.45, 2.75) is 51.5 Å². The quantitative estimate of drug-likeness (QED) is 0.859. The molecule has 19 heavy (non-hydrogen) atoms. The zero-order valence-corrected chi connectivity index (χ0v) is 11.7. The predicted molar refractivity (Wildman–Crippen MR) is 74.5 cm³/mol. The van der Waals surface area contributed by atoms with Gasteiger partial charge in [-0.15, -0.1) is 0 Å². The molecular formula is C15H24N2O2. The van der Waals surface area contributed by atoms with E-state index in [0.29, 0.717) is 13.0 Å². The highest BCUT2D eigenvalue weighted by Crippen LogP contribution is 2.38. The molecule has 2 rings (SSSR count). The number of furan rings is 1.